The summed E-state index contributed by atoms with van der Waals surface area (Å²) in [7, 11) is 0. The van der Waals surface area contributed by atoms with Gasteiger partial charge in [0.1, 0.15) is 0 Å². The van der Waals surface area contributed by atoms with Crippen molar-refractivity contribution in [3.8, 4) is 5.75 Å². The Kier molecular flexibility index (Phi) is 6.27. The number of halogens is 3. The highest BCUT2D eigenvalue weighted by Crippen LogP contribution is 2.17. The molecule has 0 radical (unpaired) electrons. The molecule has 25 heavy (non-hydrogen) atoms. The number of benzene rings is 2. The lowest BCUT2D eigenvalue weighted by atomic mass is 10.1. The normalized spacial score (nSPS) is 12.8. The van der Waals surface area contributed by atoms with E-state index in [0.29, 0.717) is 23.6 Å². The van der Waals surface area contributed by atoms with Crippen molar-refractivity contribution >= 4 is 5.96 Å². The Morgan fingerprint density at radius 1 is 1.08 bits per heavy atom. The van der Waals surface area contributed by atoms with Gasteiger partial charge < -0.3 is 15.7 Å². The molecular formula is C18H20F3N3O. The highest BCUT2D eigenvalue weighted by Gasteiger charge is 2.11. The number of nitrogens with one attached hydrogen (secondary N) is 2. The molecule has 2 rings (SSSR count). The number of phenolic OH excluding ortho intramolecular Hbond substituents is 1. The molecule has 3 N–H and O–H groups in total. The van der Waals surface area contributed by atoms with E-state index in [4.69, 9.17) is 0 Å². The summed E-state index contributed by atoms with van der Waals surface area (Å²) in [5.74, 6) is -2.47. The zero-order valence-corrected chi connectivity index (χ0v) is 14.0. The smallest absolute Gasteiger partial charge is 0.192 e. The van der Waals surface area contributed by atoms with Crippen molar-refractivity contribution in [2.24, 2.45) is 4.99 Å². The van der Waals surface area contributed by atoms with Crippen LogP contribution in [0.2, 0.25) is 0 Å². The number of hydrogen-bond acceptors (Lipinski definition) is 2. The molecular weight excluding hydrogens is 331 g/mol. The molecule has 0 bridgehead atoms. The molecule has 1 atom stereocenters. The standard InChI is InChI=1S/C18H20F3N3O/c1-3-22-18(23-10-12-4-7-17(25)16(21)8-12)24-11(2)13-5-6-14(19)15(20)9-13/h4-9,11,25H,3,10H2,1-2H3,(H2,22,23,24). The summed E-state index contributed by atoms with van der Waals surface area (Å²) in [6, 6.07) is 7.44. The van der Waals surface area contributed by atoms with E-state index < -0.39 is 23.2 Å². The summed E-state index contributed by atoms with van der Waals surface area (Å²) in [4.78, 5) is 4.34. The van der Waals surface area contributed by atoms with Crippen molar-refractivity contribution in [3.63, 3.8) is 0 Å². The molecule has 1 unspecified atom stereocenters. The summed E-state index contributed by atoms with van der Waals surface area (Å²) in [5.41, 5.74) is 1.16. The van der Waals surface area contributed by atoms with Crippen LogP contribution in [0.4, 0.5) is 13.2 Å². The minimum absolute atomic E-state index is 0.192. The van der Waals surface area contributed by atoms with Gasteiger partial charge in [-0.1, -0.05) is 12.1 Å². The van der Waals surface area contributed by atoms with Gasteiger partial charge in [0.05, 0.1) is 12.6 Å². The lowest BCUT2D eigenvalue weighted by molar-refractivity contribution is 0.432. The van der Waals surface area contributed by atoms with Gasteiger partial charge >= 0.3 is 0 Å². The largest absolute Gasteiger partial charge is 0.505 e. The van der Waals surface area contributed by atoms with E-state index in [-0.39, 0.29) is 12.6 Å². The fraction of sp³-hybridized carbons (Fsp3) is 0.278. The zero-order chi connectivity index (χ0) is 18.4. The Hall–Kier alpha value is -2.70. The molecule has 0 aliphatic rings. The Balaban J connectivity index is 2.10. The molecule has 0 aromatic heterocycles. The number of aromatic hydroxyl groups is 1. The Labute approximate surface area is 144 Å². The van der Waals surface area contributed by atoms with Crippen molar-refractivity contribution in [1.82, 2.24) is 10.6 Å². The van der Waals surface area contributed by atoms with Gasteiger partial charge in [-0.2, -0.15) is 0 Å². The van der Waals surface area contributed by atoms with Gasteiger partial charge in [-0.15, -0.1) is 0 Å². The highest BCUT2D eigenvalue weighted by atomic mass is 19.2. The van der Waals surface area contributed by atoms with E-state index in [1.165, 1.54) is 18.2 Å². The molecule has 2 aromatic rings. The molecule has 0 spiro atoms. The lowest BCUT2D eigenvalue weighted by Crippen LogP contribution is -2.38. The summed E-state index contributed by atoms with van der Waals surface area (Å²) < 4.78 is 39.8. The van der Waals surface area contributed by atoms with E-state index in [2.05, 4.69) is 15.6 Å². The number of aliphatic imine (C=N–C) groups is 1. The van der Waals surface area contributed by atoms with Gasteiger partial charge in [-0.3, -0.25) is 0 Å². The van der Waals surface area contributed by atoms with E-state index >= 15 is 0 Å². The van der Waals surface area contributed by atoms with Crippen LogP contribution in [0.15, 0.2) is 41.4 Å². The second-order valence-electron chi connectivity index (χ2n) is 5.52. The van der Waals surface area contributed by atoms with E-state index in [1.807, 2.05) is 6.92 Å². The van der Waals surface area contributed by atoms with Crippen LogP contribution in [0.25, 0.3) is 0 Å². The topological polar surface area (TPSA) is 56.7 Å². The third-order valence-corrected chi connectivity index (χ3v) is 3.57. The Morgan fingerprint density at radius 3 is 2.48 bits per heavy atom. The molecule has 2 aromatic carbocycles. The van der Waals surface area contributed by atoms with Crippen LogP contribution in [-0.4, -0.2) is 17.6 Å². The average molecular weight is 351 g/mol. The zero-order valence-electron chi connectivity index (χ0n) is 14.0. The minimum atomic E-state index is -0.910. The van der Waals surface area contributed by atoms with Crippen molar-refractivity contribution in [2.75, 3.05) is 6.54 Å². The Bertz CT molecular complexity index is 765. The van der Waals surface area contributed by atoms with Crippen molar-refractivity contribution < 1.29 is 18.3 Å². The second-order valence-corrected chi connectivity index (χ2v) is 5.52. The Morgan fingerprint density at radius 2 is 1.84 bits per heavy atom. The van der Waals surface area contributed by atoms with Crippen molar-refractivity contribution in [2.45, 2.75) is 26.4 Å². The number of guanidine groups is 1. The molecule has 0 saturated heterocycles. The minimum Gasteiger partial charge on any atom is -0.505 e. The third kappa shape index (κ3) is 5.14. The van der Waals surface area contributed by atoms with Crippen LogP contribution in [0.3, 0.4) is 0 Å². The van der Waals surface area contributed by atoms with Crippen LogP contribution < -0.4 is 10.6 Å². The SMILES string of the molecule is CCNC(=NCc1ccc(O)c(F)c1)NC(C)c1ccc(F)c(F)c1. The molecule has 7 heteroatoms. The van der Waals surface area contributed by atoms with Gasteiger partial charge in [0.25, 0.3) is 0 Å². The molecule has 0 saturated carbocycles. The summed E-state index contributed by atoms with van der Waals surface area (Å²) in [6.07, 6.45) is 0. The molecule has 0 aliphatic carbocycles. The van der Waals surface area contributed by atoms with Crippen LogP contribution in [-0.2, 0) is 6.54 Å². The summed E-state index contributed by atoms with van der Waals surface area (Å²) in [5, 5.41) is 15.3. The van der Waals surface area contributed by atoms with Crippen LogP contribution in [0.1, 0.15) is 31.0 Å². The molecule has 134 valence electrons. The number of hydrogen-bond donors (Lipinski definition) is 3. The molecule has 4 nitrogen and oxygen atoms in total. The predicted molar refractivity (Wildman–Crippen MR) is 90.8 cm³/mol. The van der Waals surface area contributed by atoms with Crippen LogP contribution >= 0.6 is 0 Å². The number of rotatable bonds is 5. The maximum atomic E-state index is 13.4. The molecule has 0 heterocycles. The van der Waals surface area contributed by atoms with Gasteiger partial charge in [0.2, 0.25) is 0 Å². The quantitative estimate of drug-likeness (QED) is 0.570. The first-order valence-electron chi connectivity index (χ1n) is 7.88. The first kappa shape index (κ1) is 18.6. The third-order valence-electron chi connectivity index (χ3n) is 3.57. The molecule has 0 fully saturated rings. The van der Waals surface area contributed by atoms with Crippen LogP contribution in [0, 0.1) is 17.5 Å². The van der Waals surface area contributed by atoms with E-state index in [1.54, 1.807) is 13.0 Å². The maximum absolute atomic E-state index is 13.4. The van der Waals surface area contributed by atoms with E-state index in [9.17, 15) is 18.3 Å². The molecule has 0 aliphatic heterocycles. The molecule has 0 amide bonds. The van der Waals surface area contributed by atoms with Crippen molar-refractivity contribution in [3.05, 3.63) is 65.0 Å². The van der Waals surface area contributed by atoms with Crippen molar-refractivity contribution in [1.29, 1.82) is 0 Å². The number of phenols is 1. The number of nitrogens with zero attached hydrogens (tertiary/aromatic N) is 1. The maximum Gasteiger partial charge on any atom is 0.192 e. The van der Waals surface area contributed by atoms with Gasteiger partial charge in [0, 0.05) is 6.54 Å². The fourth-order valence-corrected chi connectivity index (χ4v) is 2.21. The second kappa shape index (κ2) is 8.41. The average Bonchev–Trinajstić information content (AvgIpc) is 2.58. The summed E-state index contributed by atoms with van der Waals surface area (Å²) in [6.45, 7) is 4.47. The first-order valence-corrected chi connectivity index (χ1v) is 7.88. The van der Waals surface area contributed by atoms with Gasteiger partial charge in [-0.25, -0.2) is 18.2 Å². The van der Waals surface area contributed by atoms with Gasteiger partial charge in [-0.05, 0) is 49.2 Å². The van der Waals surface area contributed by atoms with Gasteiger partial charge in [0.15, 0.2) is 29.2 Å². The lowest BCUT2D eigenvalue weighted by Gasteiger charge is -2.18. The first-order chi connectivity index (χ1) is 11.9. The highest BCUT2D eigenvalue weighted by molar-refractivity contribution is 5.80. The van der Waals surface area contributed by atoms with E-state index in [0.717, 1.165) is 12.1 Å². The predicted octanol–water partition coefficient (Wildman–Crippen LogP) is 3.63. The fourth-order valence-electron chi connectivity index (χ4n) is 2.21. The summed E-state index contributed by atoms with van der Waals surface area (Å²) >= 11 is 0. The van der Waals surface area contributed by atoms with Crippen LogP contribution in [0.5, 0.6) is 5.75 Å². The monoisotopic (exact) mass is 351 g/mol.